The molecule has 0 spiro atoms. The fourth-order valence-corrected chi connectivity index (χ4v) is 1.04. The van der Waals surface area contributed by atoms with Gasteiger partial charge in [0, 0.05) is 6.04 Å². The van der Waals surface area contributed by atoms with Crippen molar-refractivity contribution in [2.24, 2.45) is 5.73 Å². The molecule has 78 valence electrons. The summed E-state index contributed by atoms with van der Waals surface area (Å²) in [5.41, 5.74) is 4.49. The van der Waals surface area contributed by atoms with Gasteiger partial charge in [-0.2, -0.15) is 13.2 Å². The van der Waals surface area contributed by atoms with E-state index in [-0.39, 0.29) is 5.56 Å². The van der Waals surface area contributed by atoms with Gasteiger partial charge in [0.25, 0.3) is 0 Å². The van der Waals surface area contributed by atoms with Crippen molar-refractivity contribution in [1.29, 1.82) is 0 Å². The zero-order valence-electron chi connectivity index (χ0n) is 7.40. The second-order valence-electron chi connectivity index (χ2n) is 3.06. The molecule has 14 heavy (non-hydrogen) atoms. The Labute approximate surface area is 78.5 Å². The van der Waals surface area contributed by atoms with Crippen LogP contribution in [-0.4, -0.2) is 0 Å². The van der Waals surface area contributed by atoms with Crippen LogP contribution in [0, 0.1) is 5.82 Å². The molecule has 2 N–H and O–H groups in total. The third kappa shape index (κ3) is 2.45. The first-order valence-electron chi connectivity index (χ1n) is 3.94. The Bertz CT molecular complexity index is 330. The number of alkyl halides is 3. The first-order valence-corrected chi connectivity index (χ1v) is 3.94. The van der Waals surface area contributed by atoms with Crippen molar-refractivity contribution >= 4 is 0 Å². The van der Waals surface area contributed by atoms with Crippen molar-refractivity contribution in [3.63, 3.8) is 0 Å². The highest BCUT2D eigenvalue weighted by atomic mass is 19.4. The molecule has 0 heterocycles. The summed E-state index contributed by atoms with van der Waals surface area (Å²) >= 11 is 0. The quantitative estimate of drug-likeness (QED) is 0.704. The van der Waals surface area contributed by atoms with Gasteiger partial charge in [-0.05, 0) is 30.7 Å². The van der Waals surface area contributed by atoms with Gasteiger partial charge in [0.1, 0.15) is 5.82 Å². The van der Waals surface area contributed by atoms with E-state index in [2.05, 4.69) is 0 Å². The fourth-order valence-electron chi connectivity index (χ4n) is 1.04. The summed E-state index contributed by atoms with van der Waals surface area (Å²) in [6.45, 7) is 1.49. The van der Waals surface area contributed by atoms with E-state index in [9.17, 15) is 17.6 Å². The van der Waals surface area contributed by atoms with Crippen LogP contribution in [0.2, 0.25) is 0 Å². The molecule has 5 heteroatoms. The Kier molecular flexibility index (Phi) is 2.80. The van der Waals surface area contributed by atoms with Gasteiger partial charge in [-0.1, -0.05) is 0 Å². The molecule has 0 saturated heterocycles. The molecule has 1 aromatic rings. The van der Waals surface area contributed by atoms with Crippen molar-refractivity contribution in [2.75, 3.05) is 0 Å². The smallest absolute Gasteiger partial charge is 0.324 e. The molecule has 1 rings (SSSR count). The number of hydrogen-bond acceptors (Lipinski definition) is 1. The van der Waals surface area contributed by atoms with Crippen LogP contribution < -0.4 is 5.73 Å². The topological polar surface area (TPSA) is 26.0 Å². The molecule has 0 saturated carbocycles. The predicted octanol–water partition coefficient (Wildman–Crippen LogP) is 2.86. The van der Waals surface area contributed by atoms with E-state index in [1.165, 1.54) is 6.92 Å². The third-order valence-corrected chi connectivity index (χ3v) is 1.77. The molecule has 0 aliphatic heterocycles. The molecule has 1 nitrogen and oxygen atoms in total. The van der Waals surface area contributed by atoms with Gasteiger partial charge in [0.15, 0.2) is 0 Å². The molecule has 0 radical (unpaired) electrons. The summed E-state index contributed by atoms with van der Waals surface area (Å²) in [5.74, 6) is -0.924. The zero-order valence-corrected chi connectivity index (χ0v) is 7.40. The molecule has 0 aliphatic rings. The van der Waals surface area contributed by atoms with Gasteiger partial charge >= 0.3 is 6.18 Å². The molecule has 0 amide bonds. The van der Waals surface area contributed by atoms with Crippen LogP contribution in [-0.2, 0) is 6.18 Å². The van der Waals surface area contributed by atoms with E-state index in [1.54, 1.807) is 0 Å². The lowest BCUT2D eigenvalue weighted by Gasteiger charge is -2.11. The van der Waals surface area contributed by atoms with E-state index in [0.717, 1.165) is 12.1 Å². The maximum atomic E-state index is 12.8. The maximum absolute atomic E-state index is 12.8. The molecule has 0 aromatic heterocycles. The van der Waals surface area contributed by atoms with Gasteiger partial charge in [0.05, 0.1) is 5.56 Å². The Hall–Kier alpha value is -1.10. The summed E-state index contributed by atoms with van der Waals surface area (Å²) in [6, 6.07) is 1.69. The number of hydrogen-bond donors (Lipinski definition) is 1. The van der Waals surface area contributed by atoms with Crippen molar-refractivity contribution in [3.05, 3.63) is 35.1 Å². The summed E-state index contributed by atoms with van der Waals surface area (Å²) in [4.78, 5) is 0. The number of halogens is 4. The summed E-state index contributed by atoms with van der Waals surface area (Å²) in [7, 11) is 0. The number of benzene rings is 1. The molecular formula is C9H9F4N. The second kappa shape index (κ2) is 3.57. The number of nitrogens with two attached hydrogens (primary N) is 1. The molecule has 1 aromatic carbocycles. The van der Waals surface area contributed by atoms with Gasteiger partial charge in [-0.25, -0.2) is 4.39 Å². The zero-order chi connectivity index (χ0) is 10.9. The molecule has 0 bridgehead atoms. The second-order valence-corrected chi connectivity index (χ2v) is 3.06. The van der Waals surface area contributed by atoms with Gasteiger partial charge in [0.2, 0.25) is 0 Å². The minimum atomic E-state index is -4.54. The Morgan fingerprint density at radius 1 is 1.21 bits per heavy atom. The SMILES string of the molecule is C[C@@H](N)c1cc(F)cc(C(F)(F)F)c1. The molecule has 0 fully saturated rings. The van der Waals surface area contributed by atoms with Crippen LogP contribution in [0.1, 0.15) is 24.1 Å². The highest BCUT2D eigenvalue weighted by molar-refractivity contribution is 5.28. The minimum Gasteiger partial charge on any atom is -0.324 e. The lowest BCUT2D eigenvalue weighted by molar-refractivity contribution is -0.137. The van der Waals surface area contributed by atoms with Crippen molar-refractivity contribution < 1.29 is 17.6 Å². The first kappa shape index (κ1) is 11.0. The third-order valence-electron chi connectivity index (χ3n) is 1.77. The maximum Gasteiger partial charge on any atom is 0.416 e. The average Bonchev–Trinajstić information content (AvgIpc) is 2.01. The van der Waals surface area contributed by atoms with Crippen molar-refractivity contribution in [2.45, 2.75) is 19.1 Å². The highest BCUT2D eigenvalue weighted by Gasteiger charge is 2.31. The lowest BCUT2D eigenvalue weighted by atomic mass is 10.1. The van der Waals surface area contributed by atoms with Crippen molar-refractivity contribution in [1.82, 2.24) is 0 Å². The Balaban J connectivity index is 3.21. The van der Waals surface area contributed by atoms with Gasteiger partial charge in [-0.3, -0.25) is 0 Å². The van der Waals surface area contributed by atoms with Crippen LogP contribution in [0.25, 0.3) is 0 Å². The van der Waals surface area contributed by atoms with Crippen LogP contribution in [0.15, 0.2) is 18.2 Å². The molecule has 0 unspecified atom stereocenters. The van der Waals surface area contributed by atoms with E-state index in [0.29, 0.717) is 6.07 Å². The van der Waals surface area contributed by atoms with E-state index >= 15 is 0 Å². The number of rotatable bonds is 1. The van der Waals surface area contributed by atoms with E-state index in [4.69, 9.17) is 5.73 Å². The first-order chi connectivity index (χ1) is 6.30. The van der Waals surface area contributed by atoms with Crippen LogP contribution in [0.4, 0.5) is 17.6 Å². The Morgan fingerprint density at radius 3 is 2.21 bits per heavy atom. The van der Waals surface area contributed by atoms with Gasteiger partial charge < -0.3 is 5.73 Å². The standard InChI is InChI=1S/C9H9F4N/c1-5(14)6-2-7(9(11,12)13)4-8(10)3-6/h2-5H,14H2,1H3/t5-/m1/s1. The monoisotopic (exact) mass is 207 g/mol. The molecule has 1 atom stereocenters. The van der Waals surface area contributed by atoms with E-state index in [1.807, 2.05) is 0 Å². The molecular weight excluding hydrogens is 198 g/mol. The average molecular weight is 207 g/mol. The summed E-state index contributed by atoms with van der Waals surface area (Å²) in [5, 5.41) is 0. The van der Waals surface area contributed by atoms with Crippen LogP contribution >= 0.6 is 0 Å². The van der Waals surface area contributed by atoms with E-state index < -0.39 is 23.6 Å². The summed E-state index contributed by atoms with van der Waals surface area (Å²) in [6.07, 6.45) is -4.54. The summed E-state index contributed by atoms with van der Waals surface area (Å²) < 4.78 is 49.4. The Morgan fingerprint density at radius 2 is 1.79 bits per heavy atom. The fraction of sp³-hybridized carbons (Fsp3) is 0.333. The normalized spacial score (nSPS) is 14.1. The largest absolute Gasteiger partial charge is 0.416 e. The minimum absolute atomic E-state index is 0.136. The molecule has 0 aliphatic carbocycles. The van der Waals surface area contributed by atoms with Crippen molar-refractivity contribution in [3.8, 4) is 0 Å². The highest BCUT2D eigenvalue weighted by Crippen LogP contribution is 2.31. The van der Waals surface area contributed by atoms with Crippen LogP contribution in [0.3, 0.4) is 0 Å². The van der Waals surface area contributed by atoms with Gasteiger partial charge in [-0.15, -0.1) is 0 Å². The lowest BCUT2D eigenvalue weighted by Crippen LogP contribution is -2.10. The van der Waals surface area contributed by atoms with Crippen LogP contribution in [0.5, 0.6) is 0 Å². The predicted molar refractivity (Wildman–Crippen MR) is 44.0 cm³/mol.